The van der Waals surface area contributed by atoms with E-state index < -0.39 is 10.0 Å². The van der Waals surface area contributed by atoms with Gasteiger partial charge in [-0.1, -0.05) is 28.7 Å². The molecule has 1 unspecified atom stereocenters. The monoisotopic (exact) mass is 224 g/mol. The van der Waals surface area contributed by atoms with Crippen LogP contribution in [-0.4, -0.2) is 12.0 Å². The second-order valence-electron chi connectivity index (χ2n) is 4.98. The van der Waals surface area contributed by atoms with Crippen LogP contribution < -0.4 is 0 Å². The highest BCUT2D eigenvalue weighted by Gasteiger charge is 2.27. The van der Waals surface area contributed by atoms with Gasteiger partial charge < -0.3 is 0 Å². The Morgan fingerprint density at radius 3 is 2.20 bits per heavy atom. The van der Waals surface area contributed by atoms with Crippen LogP contribution in [0.3, 0.4) is 0 Å². The van der Waals surface area contributed by atoms with E-state index in [0.29, 0.717) is 0 Å². The maximum Gasteiger partial charge on any atom is -0.00169 e. The Morgan fingerprint density at radius 1 is 1.20 bits per heavy atom. The highest BCUT2D eigenvalue weighted by atomic mass is 32.3. The first-order valence-corrected chi connectivity index (χ1v) is 7.88. The third-order valence-electron chi connectivity index (χ3n) is 3.40. The van der Waals surface area contributed by atoms with Crippen LogP contribution in [-0.2, 0) is 0 Å². The maximum absolute atomic E-state index is 4.05. The van der Waals surface area contributed by atoms with E-state index in [9.17, 15) is 0 Å². The minimum Gasteiger partial charge on any atom is -0.201 e. The van der Waals surface area contributed by atoms with Gasteiger partial charge >= 0.3 is 0 Å². The van der Waals surface area contributed by atoms with Crippen LogP contribution >= 0.6 is 10.0 Å². The zero-order valence-corrected chi connectivity index (χ0v) is 11.6. The van der Waals surface area contributed by atoms with Gasteiger partial charge in [-0.15, -0.1) is 0 Å². The number of hydrogen-bond donors (Lipinski definition) is 0. The molecule has 1 aliphatic rings. The van der Waals surface area contributed by atoms with E-state index in [-0.39, 0.29) is 0 Å². The van der Waals surface area contributed by atoms with Crippen molar-refractivity contribution in [3.8, 4) is 0 Å². The number of allylic oxidation sites excluding steroid dienone is 4. The third-order valence-corrected chi connectivity index (χ3v) is 6.86. The molecule has 1 atom stereocenters. The molecule has 15 heavy (non-hydrogen) atoms. The summed E-state index contributed by atoms with van der Waals surface area (Å²) in [5, 5.41) is 2.22. The molecular weight excluding hydrogens is 200 g/mol. The van der Waals surface area contributed by atoms with Crippen molar-refractivity contribution in [2.24, 2.45) is 0 Å². The molecule has 0 nitrogen and oxygen atoms in total. The summed E-state index contributed by atoms with van der Waals surface area (Å²) in [6.45, 7) is 13.0. The molecule has 0 radical (unpaired) electrons. The molecule has 1 heteroatoms. The van der Waals surface area contributed by atoms with Gasteiger partial charge in [0, 0.05) is 0 Å². The van der Waals surface area contributed by atoms with Gasteiger partial charge in [0.05, 0.1) is 0 Å². The first-order chi connectivity index (χ1) is 6.90. The van der Waals surface area contributed by atoms with Crippen LogP contribution in [0.5, 0.6) is 0 Å². The van der Waals surface area contributed by atoms with E-state index in [0.717, 1.165) is 0 Å². The second kappa shape index (κ2) is 4.61. The molecule has 1 heterocycles. The minimum atomic E-state index is -0.675. The molecule has 0 aliphatic carbocycles. The van der Waals surface area contributed by atoms with Crippen molar-refractivity contribution in [1.82, 2.24) is 0 Å². The third kappa shape index (κ3) is 2.57. The summed E-state index contributed by atoms with van der Waals surface area (Å²) in [6, 6.07) is 0. The smallest absolute Gasteiger partial charge is 0.00169 e. The summed E-state index contributed by atoms with van der Waals surface area (Å²) >= 11 is 0. The fourth-order valence-corrected chi connectivity index (χ4v) is 4.88. The lowest BCUT2D eigenvalue weighted by Gasteiger charge is -2.41. The first kappa shape index (κ1) is 12.6. The topological polar surface area (TPSA) is 0 Å². The Balaban J connectivity index is 3.11. The van der Waals surface area contributed by atoms with Gasteiger partial charge in [0.1, 0.15) is 0 Å². The standard InChI is InChI=1S/C14H24S/c1-7-15(6)9-8-13(11(2)3)10-14(15)12(4)5/h7H,1,8-10H2,2-6H3. The van der Waals surface area contributed by atoms with Crippen molar-refractivity contribution in [3.63, 3.8) is 0 Å². The average Bonchev–Trinajstić information content (AvgIpc) is 2.17. The van der Waals surface area contributed by atoms with Gasteiger partial charge in [-0.3, -0.25) is 0 Å². The van der Waals surface area contributed by atoms with E-state index in [4.69, 9.17) is 0 Å². The SMILES string of the molecule is C=CS1(C)CCC(=C(C)C)CC1=C(C)C. The molecule has 86 valence electrons. The quantitative estimate of drug-likeness (QED) is 0.551. The first-order valence-electron chi connectivity index (χ1n) is 5.61. The summed E-state index contributed by atoms with van der Waals surface area (Å²) in [6.07, 6.45) is 4.88. The van der Waals surface area contributed by atoms with Crippen LogP contribution in [0.15, 0.2) is 33.6 Å². The minimum absolute atomic E-state index is 0.675. The largest absolute Gasteiger partial charge is 0.201 e. The molecule has 0 aromatic rings. The van der Waals surface area contributed by atoms with Crippen molar-refractivity contribution in [2.75, 3.05) is 12.0 Å². The van der Waals surface area contributed by atoms with Gasteiger partial charge in [-0.25, -0.2) is 10.0 Å². The van der Waals surface area contributed by atoms with E-state index in [1.165, 1.54) is 29.7 Å². The molecule has 1 fully saturated rings. The fourth-order valence-electron chi connectivity index (χ4n) is 2.16. The van der Waals surface area contributed by atoms with E-state index in [2.05, 4.69) is 45.9 Å². The van der Waals surface area contributed by atoms with Crippen molar-refractivity contribution in [1.29, 1.82) is 0 Å². The molecule has 0 aromatic carbocycles. The molecule has 1 rings (SSSR count). The number of rotatable bonds is 1. The molecule has 0 bridgehead atoms. The molecule has 0 N–H and O–H groups in total. The van der Waals surface area contributed by atoms with Crippen molar-refractivity contribution >= 4 is 10.0 Å². The van der Waals surface area contributed by atoms with E-state index >= 15 is 0 Å². The van der Waals surface area contributed by atoms with Gasteiger partial charge in [0.25, 0.3) is 0 Å². The average molecular weight is 224 g/mol. The lowest BCUT2D eigenvalue weighted by molar-refractivity contribution is 0.956. The second-order valence-corrected chi connectivity index (χ2v) is 8.53. The summed E-state index contributed by atoms with van der Waals surface area (Å²) in [5.74, 6) is 1.30. The molecule has 0 aromatic heterocycles. The Morgan fingerprint density at radius 2 is 1.80 bits per heavy atom. The van der Waals surface area contributed by atoms with Crippen molar-refractivity contribution in [3.05, 3.63) is 33.6 Å². The Labute approximate surface area is 96.5 Å². The zero-order valence-electron chi connectivity index (χ0n) is 10.8. The zero-order chi connectivity index (χ0) is 11.6. The van der Waals surface area contributed by atoms with Gasteiger partial charge in [-0.2, -0.15) is 0 Å². The predicted octanol–water partition coefficient (Wildman–Crippen LogP) is 4.99. The molecule has 0 amide bonds. The lowest BCUT2D eigenvalue weighted by atomic mass is 10.0. The van der Waals surface area contributed by atoms with Gasteiger partial charge in [-0.05, 0) is 57.5 Å². The van der Waals surface area contributed by atoms with Crippen LogP contribution in [0.2, 0.25) is 0 Å². The van der Waals surface area contributed by atoms with Crippen LogP contribution in [0.25, 0.3) is 0 Å². The van der Waals surface area contributed by atoms with E-state index in [1.54, 1.807) is 10.5 Å². The molecule has 0 spiro atoms. The normalized spacial score (nSPS) is 30.7. The summed E-state index contributed by atoms with van der Waals surface area (Å²) in [5.41, 5.74) is 4.67. The van der Waals surface area contributed by atoms with Crippen molar-refractivity contribution in [2.45, 2.75) is 40.5 Å². The highest BCUT2D eigenvalue weighted by molar-refractivity contribution is 8.38. The lowest BCUT2D eigenvalue weighted by Crippen LogP contribution is -2.13. The molecule has 1 aliphatic heterocycles. The molecule has 0 saturated carbocycles. The Kier molecular flexibility index (Phi) is 3.88. The van der Waals surface area contributed by atoms with Crippen LogP contribution in [0, 0.1) is 0 Å². The predicted molar refractivity (Wildman–Crippen MR) is 74.6 cm³/mol. The Bertz CT molecular complexity index is 325. The maximum atomic E-state index is 4.05. The fraction of sp³-hybridized carbons (Fsp3) is 0.571. The highest BCUT2D eigenvalue weighted by Crippen LogP contribution is 2.60. The van der Waals surface area contributed by atoms with Crippen molar-refractivity contribution < 1.29 is 0 Å². The van der Waals surface area contributed by atoms with Crippen LogP contribution in [0.4, 0.5) is 0 Å². The van der Waals surface area contributed by atoms with Gasteiger partial charge in [0.2, 0.25) is 0 Å². The molecular formula is C14H24S. The van der Waals surface area contributed by atoms with E-state index in [1.807, 2.05) is 0 Å². The summed E-state index contributed by atoms with van der Waals surface area (Å²) in [4.78, 5) is 1.67. The summed E-state index contributed by atoms with van der Waals surface area (Å²) < 4.78 is 0. The summed E-state index contributed by atoms with van der Waals surface area (Å²) in [7, 11) is -0.675. The van der Waals surface area contributed by atoms with Crippen LogP contribution in [0.1, 0.15) is 40.5 Å². The molecule has 1 saturated heterocycles. The van der Waals surface area contributed by atoms with Gasteiger partial charge in [0.15, 0.2) is 0 Å². The Hall–Kier alpha value is -0.430. The number of hydrogen-bond acceptors (Lipinski definition) is 0.